The molecule has 0 spiro atoms. The van der Waals surface area contributed by atoms with Crippen molar-refractivity contribution in [2.75, 3.05) is 5.73 Å². The second kappa shape index (κ2) is 4.37. The third-order valence-corrected chi connectivity index (χ3v) is 2.20. The van der Waals surface area contributed by atoms with Crippen LogP contribution < -0.4 is 10.5 Å². The third kappa shape index (κ3) is 2.69. The summed E-state index contributed by atoms with van der Waals surface area (Å²) in [6, 6.07) is 6.11. The summed E-state index contributed by atoms with van der Waals surface area (Å²) in [4.78, 5) is 7.97. The SMILES string of the molecule is Cc1nc(N)cc(Oc2ccc(C)c(F)c2)n1. The monoisotopic (exact) mass is 233 g/mol. The molecule has 0 saturated carbocycles. The Hall–Kier alpha value is -2.17. The minimum Gasteiger partial charge on any atom is -0.439 e. The molecular formula is C12H12FN3O. The number of aromatic nitrogens is 2. The van der Waals surface area contributed by atoms with E-state index < -0.39 is 0 Å². The number of nitrogens with zero attached hydrogens (tertiary/aromatic N) is 2. The predicted molar refractivity (Wildman–Crippen MR) is 62.4 cm³/mol. The molecule has 2 N–H and O–H groups in total. The average Bonchev–Trinajstić information content (AvgIpc) is 2.22. The molecule has 1 aromatic carbocycles. The van der Waals surface area contributed by atoms with Crippen LogP contribution in [0.3, 0.4) is 0 Å². The topological polar surface area (TPSA) is 61.0 Å². The second-order valence-corrected chi connectivity index (χ2v) is 3.69. The van der Waals surface area contributed by atoms with Gasteiger partial charge in [-0.15, -0.1) is 0 Å². The Kier molecular flexibility index (Phi) is 2.91. The van der Waals surface area contributed by atoms with E-state index in [9.17, 15) is 4.39 Å². The third-order valence-electron chi connectivity index (χ3n) is 2.20. The minimum absolute atomic E-state index is 0.304. The van der Waals surface area contributed by atoms with Crippen molar-refractivity contribution in [2.24, 2.45) is 0 Å². The van der Waals surface area contributed by atoms with Crippen molar-refractivity contribution < 1.29 is 9.13 Å². The van der Waals surface area contributed by atoms with E-state index in [1.54, 1.807) is 26.0 Å². The lowest BCUT2D eigenvalue weighted by atomic mass is 10.2. The summed E-state index contributed by atoms with van der Waals surface area (Å²) >= 11 is 0. The first-order chi connectivity index (χ1) is 8.04. The van der Waals surface area contributed by atoms with Gasteiger partial charge in [-0.05, 0) is 25.5 Å². The van der Waals surface area contributed by atoms with Gasteiger partial charge in [-0.25, -0.2) is 9.37 Å². The van der Waals surface area contributed by atoms with Gasteiger partial charge in [0.25, 0.3) is 0 Å². The molecule has 1 aromatic heterocycles. The lowest BCUT2D eigenvalue weighted by Crippen LogP contribution is -1.98. The highest BCUT2D eigenvalue weighted by Crippen LogP contribution is 2.22. The largest absolute Gasteiger partial charge is 0.439 e. The van der Waals surface area contributed by atoms with Crippen molar-refractivity contribution in [3.8, 4) is 11.6 Å². The van der Waals surface area contributed by atoms with Crippen molar-refractivity contribution in [3.05, 3.63) is 41.5 Å². The Bertz CT molecular complexity index is 537. The van der Waals surface area contributed by atoms with Crippen LogP contribution in [0.1, 0.15) is 11.4 Å². The van der Waals surface area contributed by atoms with E-state index in [0.717, 1.165) is 0 Å². The highest BCUT2D eigenvalue weighted by molar-refractivity contribution is 5.36. The average molecular weight is 233 g/mol. The molecule has 0 amide bonds. The minimum atomic E-state index is -0.318. The van der Waals surface area contributed by atoms with Crippen LogP contribution in [0.2, 0.25) is 0 Å². The number of benzene rings is 1. The fraction of sp³-hybridized carbons (Fsp3) is 0.167. The summed E-state index contributed by atoms with van der Waals surface area (Å²) in [5, 5.41) is 0. The van der Waals surface area contributed by atoms with E-state index in [-0.39, 0.29) is 5.82 Å². The Morgan fingerprint density at radius 3 is 2.59 bits per heavy atom. The molecule has 2 rings (SSSR count). The number of hydrogen-bond donors (Lipinski definition) is 1. The zero-order valence-corrected chi connectivity index (χ0v) is 9.57. The molecule has 0 radical (unpaired) electrons. The van der Waals surface area contributed by atoms with Gasteiger partial charge in [-0.2, -0.15) is 4.98 Å². The molecule has 0 bridgehead atoms. The van der Waals surface area contributed by atoms with Gasteiger partial charge in [0.05, 0.1) is 0 Å². The van der Waals surface area contributed by atoms with Crippen molar-refractivity contribution in [1.82, 2.24) is 9.97 Å². The van der Waals surface area contributed by atoms with Crippen LogP contribution in [0.5, 0.6) is 11.6 Å². The molecule has 0 unspecified atom stereocenters. The van der Waals surface area contributed by atoms with Crippen molar-refractivity contribution in [1.29, 1.82) is 0 Å². The first kappa shape index (κ1) is 11.3. The molecule has 1 heterocycles. The summed E-state index contributed by atoms with van der Waals surface area (Å²) in [5.41, 5.74) is 6.13. The summed E-state index contributed by atoms with van der Waals surface area (Å²) in [5.74, 6) is 1.19. The Balaban J connectivity index is 2.28. The molecule has 0 aliphatic heterocycles. The maximum atomic E-state index is 13.3. The van der Waals surface area contributed by atoms with Gasteiger partial charge < -0.3 is 10.5 Å². The second-order valence-electron chi connectivity index (χ2n) is 3.69. The standard InChI is InChI=1S/C12H12FN3O/c1-7-3-4-9(5-10(7)13)17-12-6-11(14)15-8(2)16-12/h3-6H,1-2H3,(H2,14,15,16). The molecule has 0 aliphatic carbocycles. The van der Waals surface area contributed by atoms with Gasteiger partial charge in [-0.1, -0.05) is 6.07 Å². The zero-order chi connectivity index (χ0) is 12.4. The van der Waals surface area contributed by atoms with Crippen LogP contribution in [-0.2, 0) is 0 Å². The maximum absolute atomic E-state index is 13.3. The fourth-order valence-electron chi connectivity index (χ4n) is 1.37. The van der Waals surface area contributed by atoms with Gasteiger partial charge in [-0.3, -0.25) is 0 Å². The molecule has 0 aliphatic rings. The van der Waals surface area contributed by atoms with Gasteiger partial charge in [0.2, 0.25) is 5.88 Å². The van der Waals surface area contributed by atoms with E-state index in [2.05, 4.69) is 9.97 Å². The lowest BCUT2D eigenvalue weighted by molar-refractivity contribution is 0.455. The predicted octanol–water partition coefficient (Wildman–Crippen LogP) is 2.61. The van der Waals surface area contributed by atoms with Crippen LogP contribution in [0.15, 0.2) is 24.3 Å². The molecule has 17 heavy (non-hydrogen) atoms. The zero-order valence-electron chi connectivity index (χ0n) is 9.57. The van der Waals surface area contributed by atoms with Gasteiger partial charge in [0.1, 0.15) is 23.2 Å². The normalized spacial score (nSPS) is 10.3. The van der Waals surface area contributed by atoms with Crippen molar-refractivity contribution in [2.45, 2.75) is 13.8 Å². The number of nitrogens with two attached hydrogens (primary N) is 1. The van der Waals surface area contributed by atoms with E-state index in [4.69, 9.17) is 10.5 Å². The highest BCUT2D eigenvalue weighted by Gasteiger charge is 2.04. The summed E-state index contributed by atoms with van der Waals surface area (Å²) in [6.45, 7) is 3.39. The fourth-order valence-corrected chi connectivity index (χ4v) is 1.37. The smallest absolute Gasteiger partial charge is 0.224 e. The van der Waals surface area contributed by atoms with Crippen molar-refractivity contribution in [3.63, 3.8) is 0 Å². The Morgan fingerprint density at radius 1 is 1.18 bits per heavy atom. The van der Waals surface area contributed by atoms with Crippen LogP contribution in [-0.4, -0.2) is 9.97 Å². The molecule has 88 valence electrons. The van der Waals surface area contributed by atoms with Gasteiger partial charge in [0.15, 0.2) is 0 Å². The lowest BCUT2D eigenvalue weighted by Gasteiger charge is -2.06. The maximum Gasteiger partial charge on any atom is 0.224 e. The number of halogens is 1. The number of anilines is 1. The number of ether oxygens (including phenoxy) is 1. The van der Waals surface area contributed by atoms with E-state index in [1.807, 2.05) is 0 Å². The highest BCUT2D eigenvalue weighted by atomic mass is 19.1. The van der Waals surface area contributed by atoms with Crippen LogP contribution in [0, 0.1) is 19.7 Å². The summed E-state index contributed by atoms with van der Waals surface area (Å²) in [6.07, 6.45) is 0. The van der Waals surface area contributed by atoms with E-state index in [1.165, 1.54) is 12.1 Å². The van der Waals surface area contributed by atoms with Crippen molar-refractivity contribution >= 4 is 5.82 Å². The number of rotatable bonds is 2. The van der Waals surface area contributed by atoms with Gasteiger partial charge >= 0.3 is 0 Å². The van der Waals surface area contributed by atoms with E-state index in [0.29, 0.717) is 28.8 Å². The molecule has 0 fully saturated rings. The molecule has 5 heteroatoms. The molecule has 4 nitrogen and oxygen atoms in total. The number of nitrogen functional groups attached to an aromatic ring is 1. The Labute approximate surface area is 98.3 Å². The van der Waals surface area contributed by atoms with Crippen LogP contribution >= 0.6 is 0 Å². The van der Waals surface area contributed by atoms with E-state index >= 15 is 0 Å². The van der Waals surface area contributed by atoms with Gasteiger partial charge in [0, 0.05) is 12.1 Å². The first-order valence-corrected chi connectivity index (χ1v) is 5.10. The van der Waals surface area contributed by atoms with Crippen LogP contribution in [0.4, 0.5) is 10.2 Å². The Morgan fingerprint density at radius 2 is 1.94 bits per heavy atom. The quantitative estimate of drug-likeness (QED) is 0.866. The molecule has 2 aromatic rings. The number of aryl methyl sites for hydroxylation is 2. The molecule has 0 saturated heterocycles. The van der Waals surface area contributed by atoms with Crippen LogP contribution in [0.25, 0.3) is 0 Å². The first-order valence-electron chi connectivity index (χ1n) is 5.10. The molecule has 0 atom stereocenters. The molecular weight excluding hydrogens is 221 g/mol. The number of hydrogen-bond acceptors (Lipinski definition) is 4. The summed E-state index contributed by atoms with van der Waals surface area (Å²) in [7, 11) is 0. The summed E-state index contributed by atoms with van der Waals surface area (Å²) < 4.78 is 18.7.